The highest BCUT2D eigenvalue weighted by Crippen LogP contribution is 2.40. The monoisotopic (exact) mass is 718 g/mol. The van der Waals surface area contributed by atoms with Gasteiger partial charge in [-0.15, -0.1) is 0 Å². The van der Waals surface area contributed by atoms with Crippen LogP contribution in [0.25, 0.3) is 95.3 Å². The number of hydrogen-bond donors (Lipinski definition) is 0. The molecule has 0 saturated carbocycles. The molecule has 0 fully saturated rings. The van der Waals surface area contributed by atoms with Crippen LogP contribution >= 0.6 is 0 Å². The maximum Gasteiger partial charge on any atom is 0.160 e. The summed E-state index contributed by atoms with van der Waals surface area (Å²) in [5, 5.41) is 2.10. The van der Waals surface area contributed by atoms with E-state index in [1.807, 2.05) is 49.4 Å². The van der Waals surface area contributed by atoms with Crippen molar-refractivity contribution in [3.8, 4) is 67.4 Å². The van der Waals surface area contributed by atoms with Crippen LogP contribution in [0.1, 0.15) is 18.2 Å². The molecule has 0 atom stereocenters. The summed E-state index contributed by atoms with van der Waals surface area (Å²) < 4.78 is 0. The van der Waals surface area contributed by atoms with E-state index in [2.05, 4.69) is 159 Å². The minimum absolute atomic E-state index is 0.683. The molecule has 3 heterocycles. The Morgan fingerprint density at radius 3 is 1.50 bits per heavy atom. The summed E-state index contributed by atoms with van der Waals surface area (Å²) in [6.45, 7) is 4.13. The minimum atomic E-state index is 0.683. The Hall–Kier alpha value is -7.30. The Kier molecular flexibility index (Phi) is 9.36. The molecule has 0 N–H and O–H groups in total. The molecular formula is C52H38N4. The number of hydrogen-bond acceptors (Lipinski definition) is 4. The molecule has 4 heteroatoms. The second-order valence-electron chi connectivity index (χ2n) is 13.8. The molecule has 9 rings (SSSR count). The summed E-state index contributed by atoms with van der Waals surface area (Å²) in [5.41, 5.74) is 15.1. The van der Waals surface area contributed by atoms with Crippen LogP contribution in [0.15, 0.2) is 188 Å². The van der Waals surface area contributed by atoms with Gasteiger partial charge in [-0.1, -0.05) is 176 Å². The largest absolute Gasteiger partial charge is 0.247 e. The van der Waals surface area contributed by atoms with E-state index < -0.39 is 0 Å². The molecule has 0 bridgehead atoms. The van der Waals surface area contributed by atoms with Crippen LogP contribution in [0.3, 0.4) is 0 Å². The maximum absolute atomic E-state index is 5.27. The van der Waals surface area contributed by atoms with Gasteiger partial charge >= 0.3 is 0 Å². The number of allylic oxidation sites excluding steroid dienone is 3. The Balaban J connectivity index is 1.10. The van der Waals surface area contributed by atoms with E-state index in [0.29, 0.717) is 5.82 Å². The predicted octanol–water partition coefficient (Wildman–Crippen LogP) is 13.5. The lowest BCUT2D eigenvalue weighted by molar-refractivity contribution is 1.18. The van der Waals surface area contributed by atoms with E-state index in [1.165, 1.54) is 0 Å². The van der Waals surface area contributed by atoms with E-state index in [-0.39, 0.29) is 0 Å². The van der Waals surface area contributed by atoms with Gasteiger partial charge in [-0.3, -0.25) is 0 Å². The summed E-state index contributed by atoms with van der Waals surface area (Å²) in [7, 11) is 0. The highest BCUT2D eigenvalue weighted by atomic mass is 14.9. The first kappa shape index (κ1) is 34.5. The number of fused-ring (bicyclic) bond motifs is 3. The third kappa shape index (κ3) is 6.69. The number of pyridine rings is 2. The van der Waals surface area contributed by atoms with E-state index in [9.17, 15) is 0 Å². The molecule has 0 saturated heterocycles. The average molecular weight is 719 g/mol. The van der Waals surface area contributed by atoms with Gasteiger partial charge in [-0.2, -0.15) is 0 Å². The van der Waals surface area contributed by atoms with Gasteiger partial charge in [0.05, 0.1) is 33.8 Å². The van der Waals surface area contributed by atoms with Crippen LogP contribution in [0.4, 0.5) is 0 Å². The SMILES string of the molecule is C/C=C\C=C/c1nc2c(cc1C)c(-c1ccc(-c3ccc(-c4nc(-c5ccccc5)c(-c5ccccc5)c(-c5ccccc5)n4)cc3)cc1)nc1ccccc12. The van der Waals surface area contributed by atoms with Crippen molar-refractivity contribution in [3.63, 3.8) is 0 Å². The van der Waals surface area contributed by atoms with Crippen molar-refractivity contribution in [2.24, 2.45) is 0 Å². The normalized spacial score (nSPS) is 11.6. The fourth-order valence-electron chi connectivity index (χ4n) is 7.32. The first-order valence-corrected chi connectivity index (χ1v) is 18.9. The number of para-hydroxylation sites is 1. The van der Waals surface area contributed by atoms with Crippen molar-refractivity contribution < 1.29 is 0 Å². The smallest absolute Gasteiger partial charge is 0.160 e. The molecule has 266 valence electrons. The Labute approximate surface area is 327 Å². The van der Waals surface area contributed by atoms with Gasteiger partial charge < -0.3 is 0 Å². The zero-order valence-electron chi connectivity index (χ0n) is 31.3. The molecule has 0 radical (unpaired) electrons. The second kappa shape index (κ2) is 15.2. The summed E-state index contributed by atoms with van der Waals surface area (Å²) in [6.07, 6.45) is 8.15. The van der Waals surface area contributed by atoms with Crippen LogP contribution in [-0.2, 0) is 0 Å². The third-order valence-corrected chi connectivity index (χ3v) is 10.2. The van der Waals surface area contributed by atoms with Crippen LogP contribution in [0, 0.1) is 6.92 Å². The topological polar surface area (TPSA) is 51.6 Å². The second-order valence-corrected chi connectivity index (χ2v) is 13.8. The lowest BCUT2D eigenvalue weighted by Crippen LogP contribution is -2.00. The molecule has 0 aliphatic heterocycles. The zero-order valence-corrected chi connectivity index (χ0v) is 31.3. The lowest BCUT2D eigenvalue weighted by atomic mass is 9.94. The average Bonchev–Trinajstić information content (AvgIpc) is 3.27. The molecule has 56 heavy (non-hydrogen) atoms. The number of aromatic nitrogens is 4. The van der Waals surface area contributed by atoms with E-state index in [4.69, 9.17) is 19.9 Å². The van der Waals surface area contributed by atoms with Crippen LogP contribution in [0.5, 0.6) is 0 Å². The fraction of sp³-hybridized carbons (Fsp3) is 0.0385. The van der Waals surface area contributed by atoms with Crippen molar-refractivity contribution in [2.75, 3.05) is 0 Å². The van der Waals surface area contributed by atoms with Crippen LogP contribution < -0.4 is 0 Å². The quantitative estimate of drug-likeness (QED) is 0.116. The third-order valence-electron chi connectivity index (χ3n) is 10.2. The van der Waals surface area contributed by atoms with E-state index in [1.54, 1.807) is 0 Å². The van der Waals surface area contributed by atoms with Gasteiger partial charge in [-0.25, -0.2) is 19.9 Å². The van der Waals surface area contributed by atoms with E-state index >= 15 is 0 Å². The molecular weight excluding hydrogens is 681 g/mol. The van der Waals surface area contributed by atoms with Gasteiger partial charge in [0, 0.05) is 38.6 Å². The summed E-state index contributed by atoms with van der Waals surface area (Å²) in [4.78, 5) is 20.9. The fourth-order valence-corrected chi connectivity index (χ4v) is 7.32. The first-order chi connectivity index (χ1) is 27.6. The first-order valence-electron chi connectivity index (χ1n) is 18.9. The Bertz CT molecular complexity index is 2820. The number of aryl methyl sites for hydroxylation is 1. The highest BCUT2D eigenvalue weighted by molar-refractivity contribution is 6.09. The molecule has 0 unspecified atom stereocenters. The Morgan fingerprint density at radius 1 is 0.411 bits per heavy atom. The van der Waals surface area contributed by atoms with Gasteiger partial charge in [0.1, 0.15) is 0 Å². The van der Waals surface area contributed by atoms with Crippen molar-refractivity contribution in [1.29, 1.82) is 0 Å². The molecule has 0 spiro atoms. The van der Waals surface area contributed by atoms with Crippen LogP contribution in [-0.4, -0.2) is 19.9 Å². The maximum atomic E-state index is 5.27. The molecule has 3 aromatic heterocycles. The Morgan fingerprint density at radius 2 is 0.911 bits per heavy atom. The van der Waals surface area contributed by atoms with Crippen LogP contribution in [0.2, 0.25) is 0 Å². The minimum Gasteiger partial charge on any atom is -0.247 e. The molecule has 0 amide bonds. The standard InChI is InChI=1S/C52H38N4/c1-3-4-8-24-45-35(2)34-44-48(54-46-25-16-15-23-43(46)51(44)53-45)41-30-26-36(27-31-41)37-28-32-42(33-29-37)52-55-49(39-19-11-6-12-20-39)47(38-17-9-5-10-18-38)50(56-52)40-21-13-7-14-22-40/h3-34H,1-2H3/b4-3-,24-8-. The molecule has 4 nitrogen and oxygen atoms in total. The summed E-state index contributed by atoms with van der Waals surface area (Å²) >= 11 is 0. The van der Waals surface area contributed by atoms with Gasteiger partial charge in [-0.05, 0) is 54.3 Å². The van der Waals surface area contributed by atoms with Crippen molar-refractivity contribution in [1.82, 2.24) is 19.9 Å². The van der Waals surface area contributed by atoms with Crippen molar-refractivity contribution in [2.45, 2.75) is 13.8 Å². The molecule has 9 aromatic rings. The van der Waals surface area contributed by atoms with Gasteiger partial charge in [0.2, 0.25) is 0 Å². The van der Waals surface area contributed by atoms with Crippen molar-refractivity contribution >= 4 is 27.9 Å². The van der Waals surface area contributed by atoms with Gasteiger partial charge in [0.25, 0.3) is 0 Å². The summed E-state index contributed by atoms with van der Waals surface area (Å²) in [6, 6.07) is 59.0. The summed E-state index contributed by atoms with van der Waals surface area (Å²) in [5.74, 6) is 0.683. The number of benzene rings is 6. The highest BCUT2D eigenvalue weighted by Gasteiger charge is 2.20. The predicted molar refractivity (Wildman–Crippen MR) is 234 cm³/mol. The van der Waals surface area contributed by atoms with Gasteiger partial charge in [0.15, 0.2) is 5.82 Å². The molecule has 0 aliphatic carbocycles. The molecule has 0 aliphatic rings. The molecule has 6 aromatic carbocycles. The zero-order chi connectivity index (χ0) is 37.8. The number of rotatable bonds is 8. The number of nitrogens with zero attached hydrogens (tertiary/aromatic N) is 4. The lowest BCUT2D eigenvalue weighted by Gasteiger charge is -2.17. The van der Waals surface area contributed by atoms with E-state index in [0.717, 1.165) is 94.7 Å². The van der Waals surface area contributed by atoms with Crippen molar-refractivity contribution in [3.05, 3.63) is 199 Å².